The van der Waals surface area contributed by atoms with E-state index in [2.05, 4.69) is 27.0 Å². The van der Waals surface area contributed by atoms with Gasteiger partial charge < -0.3 is 4.90 Å². The molecule has 1 aromatic carbocycles. The van der Waals surface area contributed by atoms with Crippen LogP contribution in [0.25, 0.3) is 0 Å². The summed E-state index contributed by atoms with van der Waals surface area (Å²) in [6.45, 7) is 2.03. The minimum atomic E-state index is 0.656. The minimum absolute atomic E-state index is 0.656. The first-order valence-electron chi connectivity index (χ1n) is 5.48. The van der Waals surface area contributed by atoms with Gasteiger partial charge in [-0.15, -0.1) is 0 Å². The highest BCUT2D eigenvalue weighted by Crippen LogP contribution is 2.30. The summed E-state index contributed by atoms with van der Waals surface area (Å²) in [5.41, 5.74) is 2.79. The second-order valence-corrected chi connectivity index (χ2v) is 4.78. The normalized spacial score (nSPS) is 9.89. The Labute approximate surface area is 115 Å². The SMILES string of the molecule is Cc1ccnc(N(C)c2ccc(C#N)cc2)c1Br. The number of pyridine rings is 1. The van der Waals surface area contributed by atoms with E-state index in [9.17, 15) is 0 Å². The molecule has 0 spiro atoms. The maximum atomic E-state index is 8.78. The molecule has 0 saturated heterocycles. The number of benzene rings is 1. The van der Waals surface area contributed by atoms with E-state index in [1.165, 1.54) is 0 Å². The van der Waals surface area contributed by atoms with E-state index in [0.717, 1.165) is 21.5 Å². The highest BCUT2D eigenvalue weighted by Gasteiger charge is 2.10. The summed E-state index contributed by atoms with van der Waals surface area (Å²) < 4.78 is 0.983. The lowest BCUT2D eigenvalue weighted by atomic mass is 10.2. The predicted molar refractivity (Wildman–Crippen MR) is 75.9 cm³/mol. The van der Waals surface area contributed by atoms with Crippen molar-refractivity contribution in [3.63, 3.8) is 0 Å². The summed E-state index contributed by atoms with van der Waals surface area (Å²) in [6, 6.07) is 11.5. The third-order valence-electron chi connectivity index (χ3n) is 2.77. The average Bonchev–Trinajstić information content (AvgIpc) is 2.41. The Bertz CT molecular complexity index is 599. The fraction of sp³-hybridized carbons (Fsp3) is 0.143. The zero-order chi connectivity index (χ0) is 13.1. The summed E-state index contributed by atoms with van der Waals surface area (Å²) in [5, 5.41) is 8.78. The van der Waals surface area contributed by atoms with Gasteiger partial charge >= 0.3 is 0 Å². The van der Waals surface area contributed by atoms with Crippen molar-refractivity contribution >= 4 is 27.4 Å². The van der Waals surface area contributed by atoms with Crippen molar-refractivity contribution in [3.05, 3.63) is 52.1 Å². The highest BCUT2D eigenvalue weighted by atomic mass is 79.9. The maximum Gasteiger partial charge on any atom is 0.147 e. The van der Waals surface area contributed by atoms with E-state index in [1.807, 2.05) is 37.1 Å². The van der Waals surface area contributed by atoms with Gasteiger partial charge in [0.1, 0.15) is 5.82 Å². The average molecular weight is 302 g/mol. The first-order valence-corrected chi connectivity index (χ1v) is 6.28. The molecule has 1 aromatic heterocycles. The van der Waals surface area contributed by atoms with Crippen molar-refractivity contribution in [2.75, 3.05) is 11.9 Å². The highest BCUT2D eigenvalue weighted by molar-refractivity contribution is 9.10. The van der Waals surface area contributed by atoms with Crippen LogP contribution in [0.1, 0.15) is 11.1 Å². The third-order valence-corrected chi connectivity index (χ3v) is 3.75. The molecular formula is C14H12BrN3. The van der Waals surface area contributed by atoms with Crippen LogP contribution in [0.2, 0.25) is 0 Å². The van der Waals surface area contributed by atoms with Crippen LogP contribution in [0.15, 0.2) is 41.0 Å². The number of aromatic nitrogens is 1. The molecule has 1 heterocycles. The summed E-state index contributed by atoms with van der Waals surface area (Å²) in [6.07, 6.45) is 1.79. The lowest BCUT2D eigenvalue weighted by Gasteiger charge is -2.20. The molecule has 0 N–H and O–H groups in total. The number of anilines is 2. The van der Waals surface area contributed by atoms with E-state index >= 15 is 0 Å². The smallest absolute Gasteiger partial charge is 0.147 e. The van der Waals surface area contributed by atoms with E-state index in [0.29, 0.717) is 5.56 Å². The third kappa shape index (κ3) is 2.36. The second-order valence-electron chi connectivity index (χ2n) is 3.98. The number of halogens is 1. The Morgan fingerprint density at radius 1 is 1.22 bits per heavy atom. The lowest BCUT2D eigenvalue weighted by molar-refractivity contribution is 1.10. The Morgan fingerprint density at radius 2 is 1.89 bits per heavy atom. The Hall–Kier alpha value is -1.86. The molecule has 0 aliphatic rings. The van der Waals surface area contributed by atoms with Gasteiger partial charge in [0.15, 0.2) is 0 Å². The number of nitrogens with zero attached hydrogens (tertiary/aromatic N) is 3. The second kappa shape index (κ2) is 5.19. The van der Waals surface area contributed by atoms with Gasteiger partial charge in [0.25, 0.3) is 0 Å². The molecule has 0 aliphatic heterocycles. The standard InChI is InChI=1S/C14H12BrN3/c1-10-7-8-17-14(13(10)15)18(2)12-5-3-11(9-16)4-6-12/h3-8H,1-2H3. The van der Waals surface area contributed by atoms with Gasteiger partial charge in [0.2, 0.25) is 0 Å². The minimum Gasteiger partial charge on any atom is -0.329 e. The molecule has 0 aliphatic carbocycles. The maximum absolute atomic E-state index is 8.78. The molecule has 90 valence electrons. The first-order chi connectivity index (χ1) is 8.63. The summed E-state index contributed by atoms with van der Waals surface area (Å²) in [7, 11) is 1.95. The molecule has 0 bridgehead atoms. The Balaban J connectivity index is 2.38. The predicted octanol–water partition coefficient (Wildman–Crippen LogP) is 3.79. The number of rotatable bonds is 2. The molecule has 4 heteroatoms. The molecule has 0 unspecified atom stereocenters. The van der Waals surface area contributed by atoms with Crippen LogP contribution in [0.4, 0.5) is 11.5 Å². The van der Waals surface area contributed by atoms with Gasteiger partial charge in [-0.1, -0.05) is 0 Å². The molecule has 2 aromatic rings. The number of hydrogen-bond donors (Lipinski definition) is 0. The monoisotopic (exact) mass is 301 g/mol. The van der Waals surface area contributed by atoms with Crippen LogP contribution in [-0.2, 0) is 0 Å². The molecule has 0 radical (unpaired) electrons. The van der Waals surface area contributed by atoms with Crippen LogP contribution in [-0.4, -0.2) is 12.0 Å². The van der Waals surface area contributed by atoms with Gasteiger partial charge in [-0.25, -0.2) is 4.98 Å². The largest absolute Gasteiger partial charge is 0.329 e. The zero-order valence-electron chi connectivity index (χ0n) is 10.2. The van der Waals surface area contributed by atoms with Crippen molar-refractivity contribution in [1.82, 2.24) is 4.98 Å². The van der Waals surface area contributed by atoms with E-state index in [4.69, 9.17) is 5.26 Å². The zero-order valence-corrected chi connectivity index (χ0v) is 11.8. The van der Waals surface area contributed by atoms with E-state index in [-0.39, 0.29) is 0 Å². The van der Waals surface area contributed by atoms with Crippen molar-refractivity contribution in [1.29, 1.82) is 5.26 Å². The Morgan fingerprint density at radius 3 is 2.50 bits per heavy atom. The van der Waals surface area contributed by atoms with Crippen molar-refractivity contribution in [2.24, 2.45) is 0 Å². The molecule has 2 rings (SSSR count). The van der Waals surface area contributed by atoms with Gasteiger partial charge in [-0.05, 0) is 58.7 Å². The summed E-state index contributed by atoms with van der Waals surface area (Å²) in [4.78, 5) is 6.36. The fourth-order valence-electron chi connectivity index (χ4n) is 1.64. The van der Waals surface area contributed by atoms with Gasteiger partial charge in [-0.3, -0.25) is 0 Å². The van der Waals surface area contributed by atoms with Crippen molar-refractivity contribution in [3.8, 4) is 6.07 Å². The van der Waals surface area contributed by atoms with Gasteiger partial charge in [0, 0.05) is 18.9 Å². The van der Waals surface area contributed by atoms with Crippen molar-refractivity contribution in [2.45, 2.75) is 6.92 Å². The molecule has 3 nitrogen and oxygen atoms in total. The molecule has 18 heavy (non-hydrogen) atoms. The fourth-order valence-corrected chi connectivity index (χ4v) is 2.14. The Kier molecular flexibility index (Phi) is 3.63. The topological polar surface area (TPSA) is 39.9 Å². The van der Waals surface area contributed by atoms with Crippen LogP contribution in [0.3, 0.4) is 0 Å². The first kappa shape index (κ1) is 12.6. The van der Waals surface area contributed by atoms with Crippen LogP contribution in [0.5, 0.6) is 0 Å². The molecule has 0 atom stereocenters. The molecule has 0 amide bonds. The summed E-state index contributed by atoms with van der Waals surface area (Å²) in [5.74, 6) is 0.861. The van der Waals surface area contributed by atoms with Gasteiger partial charge in [0.05, 0.1) is 16.1 Å². The van der Waals surface area contributed by atoms with Crippen LogP contribution in [0, 0.1) is 18.3 Å². The van der Waals surface area contributed by atoms with Gasteiger partial charge in [-0.2, -0.15) is 5.26 Å². The number of aryl methyl sites for hydroxylation is 1. The quantitative estimate of drug-likeness (QED) is 0.847. The molecule has 0 saturated carbocycles. The molecular weight excluding hydrogens is 290 g/mol. The van der Waals surface area contributed by atoms with E-state index < -0.39 is 0 Å². The number of hydrogen-bond acceptors (Lipinski definition) is 3. The lowest BCUT2D eigenvalue weighted by Crippen LogP contribution is -2.12. The van der Waals surface area contributed by atoms with E-state index in [1.54, 1.807) is 18.3 Å². The number of nitriles is 1. The molecule has 0 fully saturated rings. The van der Waals surface area contributed by atoms with Crippen LogP contribution >= 0.6 is 15.9 Å². The van der Waals surface area contributed by atoms with Crippen LogP contribution < -0.4 is 4.90 Å². The summed E-state index contributed by atoms with van der Waals surface area (Å²) >= 11 is 3.55. The van der Waals surface area contributed by atoms with Crippen molar-refractivity contribution < 1.29 is 0 Å².